The van der Waals surface area contributed by atoms with Crippen LogP contribution in [0.3, 0.4) is 0 Å². The maximum Gasteiger partial charge on any atom is 0.489 e. The first-order valence-electron chi connectivity index (χ1n) is 6.13. The number of likely N-dealkylation sites (tertiary alicyclic amines) is 1. The number of nitrogens with zero attached hydrogens (tertiary/aromatic N) is 1. The predicted molar refractivity (Wildman–Crippen MR) is 71.4 cm³/mol. The summed E-state index contributed by atoms with van der Waals surface area (Å²) in [5, 5.41) is 18.1. The van der Waals surface area contributed by atoms with Crippen LogP contribution in [0, 0.1) is 0 Å². The molecule has 1 aromatic carbocycles. The van der Waals surface area contributed by atoms with Gasteiger partial charge in [-0.25, -0.2) is 8.78 Å². The highest BCUT2D eigenvalue weighted by molar-refractivity contribution is 6.62. The first kappa shape index (κ1) is 15.2. The van der Waals surface area contributed by atoms with Crippen molar-refractivity contribution in [2.24, 2.45) is 0 Å². The van der Waals surface area contributed by atoms with Gasteiger partial charge in [0.15, 0.2) is 0 Å². The van der Waals surface area contributed by atoms with Gasteiger partial charge in [-0.3, -0.25) is 4.79 Å². The molecule has 20 heavy (non-hydrogen) atoms. The molecule has 0 aliphatic carbocycles. The highest BCUT2D eigenvalue weighted by atomic mass is 35.5. The smallest absolute Gasteiger partial charge is 0.423 e. The van der Waals surface area contributed by atoms with Crippen LogP contribution < -0.4 is 5.46 Å². The summed E-state index contributed by atoms with van der Waals surface area (Å²) in [6.45, 7) is -0.0122. The number of alkyl halides is 2. The molecule has 0 radical (unpaired) electrons. The molecule has 0 unspecified atom stereocenters. The zero-order valence-electron chi connectivity index (χ0n) is 10.5. The van der Waals surface area contributed by atoms with E-state index in [1.807, 2.05) is 0 Å². The molecule has 1 aromatic rings. The normalized spacial score (nSPS) is 17.9. The van der Waals surface area contributed by atoms with E-state index in [9.17, 15) is 13.6 Å². The second-order valence-corrected chi connectivity index (χ2v) is 5.17. The average molecular weight is 304 g/mol. The Bertz CT molecular complexity index is 517. The fourth-order valence-electron chi connectivity index (χ4n) is 2.09. The number of amides is 1. The second-order valence-electron chi connectivity index (χ2n) is 4.76. The minimum Gasteiger partial charge on any atom is -0.423 e. The van der Waals surface area contributed by atoms with E-state index in [0.29, 0.717) is 0 Å². The fraction of sp³-hybridized carbons (Fsp3) is 0.417. The van der Waals surface area contributed by atoms with Crippen molar-refractivity contribution in [1.82, 2.24) is 4.90 Å². The number of carbonyl (C=O) groups is 1. The minimum absolute atomic E-state index is 0.00612. The van der Waals surface area contributed by atoms with E-state index in [1.54, 1.807) is 0 Å². The van der Waals surface area contributed by atoms with E-state index in [1.165, 1.54) is 23.1 Å². The topological polar surface area (TPSA) is 60.8 Å². The Labute approximate surface area is 120 Å². The Morgan fingerprint density at radius 2 is 1.90 bits per heavy atom. The molecule has 1 aliphatic heterocycles. The van der Waals surface area contributed by atoms with Gasteiger partial charge in [0, 0.05) is 42.0 Å². The molecule has 1 heterocycles. The number of benzene rings is 1. The van der Waals surface area contributed by atoms with Crippen LogP contribution in [0.25, 0.3) is 0 Å². The quantitative estimate of drug-likeness (QED) is 0.798. The third-order valence-corrected chi connectivity index (χ3v) is 3.64. The van der Waals surface area contributed by atoms with Gasteiger partial charge in [-0.2, -0.15) is 0 Å². The monoisotopic (exact) mass is 303 g/mol. The molecular weight excluding hydrogens is 290 g/mol. The molecule has 1 amide bonds. The molecule has 1 fully saturated rings. The van der Waals surface area contributed by atoms with Crippen molar-refractivity contribution >= 4 is 30.1 Å². The Morgan fingerprint density at radius 3 is 2.40 bits per heavy atom. The lowest BCUT2D eigenvalue weighted by molar-refractivity contribution is -0.0494. The number of hydrogen-bond acceptors (Lipinski definition) is 3. The van der Waals surface area contributed by atoms with Crippen molar-refractivity contribution in [1.29, 1.82) is 0 Å². The zero-order valence-corrected chi connectivity index (χ0v) is 11.3. The molecular formula is C12H13BClF2NO3. The second kappa shape index (κ2) is 5.67. The van der Waals surface area contributed by atoms with Gasteiger partial charge in [-0.15, -0.1) is 0 Å². The summed E-state index contributed by atoms with van der Waals surface area (Å²) in [7, 11) is -1.72. The third-order valence-electron chi connectivity index (χ3n) is 3.31. The van der Waals surface area contributed by atoms with E-state index < -0.39 is 13.0 Å². The lowest BCUT2D eigenvalue weighted by atomic mass is 9.80. The summed E-state index contributed by atoms with van der Waals surface area (Å²) in [5.41, 5.74) is 0.331. The van der Waals surface area contributed by atoms with Crippen molar-refractivity contribution in [3.8, 4) is 0 Å². The largest absolute Gasteiger partial charge is 0.489 e. The van der Waals surface area contributed by atoms with Gasteiger partial charge in [0.1, 0.15) is 0 Å². The molecule has 0 bridgehead atoms. The summed E-state index contributed by atoms with van der Waals surface area (Å²) in [4.78, 5) is 13.5. The first-order valence-corrected chi connectivity index (χ1v) is 6.51. The zero-order chi connectivity index (χ0) is 14.9. The van der Waals surface area contributed by atoms with Crippen LogP contribution in [0.2, 0.25) is 5.02 Å². The van der Waals surface area contributed by atoms with Gasteiger partial charge in [0.2, 0.25) is 0 Å². The van der Waals surface area contributed by atoms with Crippen LogP contribution in [0.5, 0.6) is 0 Å². The molecule has 1 saturated heterocycles. The predicted octanol–water partition coefficient (Wildman–Crippen LogP) is 0.891. The van der Waals surface area contributed by atoms with Crippen molar-refractivity contribution < 1.29 is 23.6 Å². The summed E-state index contributed by atoms with van der Waals surface area (Å²) in [5.74, 6) is -3.10. The molecule has 108 valence electrons. The first-order chi connectivity index (χ1) is 9.30. The van der Waals surface area contributed by atoms with E-state index in [4.69, 9.17) is 21.6 Å². The van der Waals surface area contributed by atoms with Gasteiger partial charge in [-0.05, 0) is 12.1 Å². The summed E-state index contributed by atoms with van der Waals surface area (Å²) < 4.78 is 26.1. The summed E-state index contributed by atoms with van der Waals surface area (Å²) >= 11 is 5.84. The fourth-order valence-corrected chi connectivity index (χ4v) is 2.37. The van der Waals surface area contributed by atoms with Crippen LogP contribution in [-0.2, 0) is 0 Å². The van der Waals surface area contributed by atoms with Crippen LogP contribution in [0.4, 0.5) is 8.78 Å². The van der Waals surface area contributed by atoms with Crippen LogP contribution >= 0.6 is 11.6 Å². The Balaban J connectivity index is 2.12. The number of rotatable bonds is 2. The highest BCUT2D eigenvalue weighted by Gasteiger charge is 2.35. The molecule has 0 aromatic heterocycles. The number of hydrogen-bond donors (Lipinski definition) is 2. The SMILES string of the molecule is O=C(c1ccc(B(O)O)c(Cl)c1)N1CCC(F)(F)CC1. The molecule has 0 saturated carbocycles. The molecule has 2 rings (SSSR count). The maximum absolute atomic E-state index is 13.0. The van der Waals surface area contributed by atoms with Gasteiger partial charge in [0.25, 0.3) is 11.8 Å². The van der Waals surface area contributed by atoms with E-state index >= 15 is 0 Å². The number of halogens is 3. The van der Waals surface area contributed by atoms with Crippen LogP contribution in [0.15, 0.2) is 18.2 Å². The van der Waals surface area contributed by atoms with Crippen molar-refractivity contribution in [2.45, 2.75) is 18.8 Å². The third kappa shape index (κ3) is 3.28. The van der Waals surface area contributed by atoms with E-state index in [2.05, 4.69) is 0 Å². The Morgan fingerprint density at radius 1 is 1.30 bits per heavy atom. The Hall–Kier alpha value is -1.18. The molecule has 1 aliphatic rings. The molecule has 0 atom stereocenters. The summed E-state index contributed by atoms with van der Waals surface area (Å²) in [6, 6.07) is 4.04. The molecule has 2 N–H and O–H groups in total. The highest BCUT2D eigenvalue weighted by Crippen LogP contribution is 2.28. The standard InChI is InChI=1S/C12H13BClF2NO3/c14-10-7-8(1-2-9(10)13(19)20)11(18)17-5-3-12(15,16)4-6-17/h1-2,7,19-20H,3-6H2. The lowest BCUT2D eigenvalue weighted by Crippen LogP contribution is -2.42. The van der Waals surface area contributed by atoms with Crippen molar-refractivity contribution in [3.05, 3.63) is 28.8 Å². The maximum atomic E-state index is 13.0. The van der Waals surface area contributed by atoms with E-state index in [0.717, 1.165) is 0 Å². The van der Waals surface area contributed by atoms with Gasteiger partial charge in [-0.1, -0.05) is 17.7 Å². The van der Waals surface area contributed by atoms with Gasteiger partial charge < -0.3 is 14.9 Å². The van der Waals surface area contributed by atoms with E-state index in [-0.39, 0.29) is 47.9 Å². The van der Waals surface area contributed by atoms with Crippen molar-refractivity contribution in [2.75, 3.05) is 13.1 Å². The average Bonchev–Trinajstić information content (AvgIpc) is 2.37. The number of carbonyl (C=O) groups excluding carboxylic acids is 1. The Kier molecular flexibility index (Phi) is 4.32. The van der Waals surface area contributed by atoms with Crippen LogP contribution in [-0.4, -0.2) is 47.0 Å². The van der Waals surface area contributed by atoms with Crippen LogP contribution in [0.1, 0.15) is 23.2 Å². The summed E-state index contributed by atoms with van der Waals surface area (Å²) in [6.07, 6.45) is -0.695. The minimum atomic E-state index is -2.71. The van der Waals surface area contributed by atoms with Gasteiger partial charge in [0.05, 0.1) is 0 Å². The molecule has 4 nitrogen and oxygen atoms in total. The lowest BCUT2D eigenvalue weighted by Gasteiger charge is -2.31. The molecule has 0 spiro atoms. The molecule has 8 heteroatoms. The van der Waals surface area contributed by atoms with Gasteiger partial charge >= 0.3 is 7.12 Å². The number of piperidine rings is 1. The van der Waals surface area contributed by atoms with Crippen molar-refractivity contribution in [3.63, 3.8) is 0 Å².